The van der Waals surface area contributed by atoms with Gasteiger partial charge in [-0.2, -0.15) is 13.2 Å². The van der Waals surface area contributed by atoms with Crippen LogP contribution in [0.25, 0.3) is 0 Å². The highest BCUT2D eigenvalue weighted by Crippen LogP contribution is 2.46. The lowest BCUT2D eigenvalue weighted by Crippen LogP contribution is -2.51. The predicted octanol–water partition coefficient (Wildman–Crippen LogP) is 3.54. The van der Waals surface area contributed by atoms with Crippen molar-refractivity contribution in [3.05, 3.63) is 65.2 Å². The van der Waals surface area contributed by atoms with Crippen LogP contribution in [0.4, 0.5) is 28.4 Å². The molecule has 2 aliphatic rings. The van der Waals surface area contributed by atoms with Gasteiger partial charge in [-0.05, 0) is 36.6 Å². The Bertz CT molecular complexity index is 1240. The number of amides is 5. The first-order valence-corrected chi connectivity index (χ1v) is 11.5. The van der Waals surface area contributed by atoms with Gasteiger partial charge in [-0.15, -0.1) is 0 Å². The molecule has 4 rings (SSSR count). The summed E-state index contributed by atoms with van der Waals surface area (Å²) >= 11 is 0. The van der Waals surface area contributed by atoms with Gasteiger partial charge in [0.2, 0.25) is 11.5 Å². The van der Waals surface area contributed by atoms with Gasteiger partial charge in [0.15, 0.2) is 0 Å². The molecule has 0 radical (unpaired) electrons. The van der Waals surface area contributed by atoms with Gasteiger partial charge in [-0.25, -0.2) is 14.5 Å². The van der Waals surface area contributed by atoms with Crippen LogP contribution < -0.4 is 10.6 Å². The van der Waals surface area contributed by atoms with Crippen molar-refractivity contribution in [2.75, 3.05) is 18.9 Å². The number of ether oxygens (including phenoxy) is 1. The van der Waals surface area contributed by atoms with Gasteiger partial charge in [0.1, 0.15) is 12.6 Å². The van der Waals surface area contributed by atoms with Crippen LogP contribution in [0.1, 0.15) is 30.0 Å². The second kappa shape index (κ2) is 9.75. The molecule has 2 aromatic rings. The van der Waals surface area contributed by atoms with Crippen molar-refractivity contribution in [3.63, 3.8) is 0 Å². The number of aryl methyl sites for hydroxylation is 1. The minimum absolute atomic E-state index is 0.105. The molecule has 2 aromatic carbocycles. The summed E-state index contributed by atoms with van der Waals surface area (Å²) in [6.45, 7) is -0.394. The van der Waals surface area contributed by atoms with E-state index in [1.54, 1.807) is 48.5 Å². The van der Waals surface area contributed by atoms with E-state index < -0.39 is 48.3 Å². The molecule has 37 heavy (non-hydrogen) atoms. The van der Waals surface area contributed by atoms with Gasteiger partial charge in [0.05, 0.1) is 0 Å². The number of benzene rings is 2. The highest BCUT2D eigenvalue weighted by Gasteiger charge is 2.58. The number of imide groups is 1. The van der Waals surface area contributed by atoms with Gasteiger partial charge in [-0.1, -0.05) is 36.4 Å². The predicted molar refractivity (Wildman–Crippen MR) is 125 cm³/mol. The summed E-state index contributed by atoms with van der Waals surface area (Å²) in [7, 11) is 1.46. The van der Waals surface area contributed by atoms with E-state index in [1.165, 1.54) is 7.05 Å². The van der Waals surface area contributed by atoms with Gasteiger partial charge in [0.25, 0.3) is 5.91 Å². The van der Waals surface area contributed by atoms with E-state index in [2.05, 4.69) is 10.6 Å². The van der Waals surface area contributed by atoms with E-state index in [-0.39, 0.29) is 13.0 Å². The van der Waals surface area contributed by atoms with Crippen molar-refractivity contribution >= 4 is 29.6 Å². The zero-order valence-electron chi connectivity index (χ0n) is 20.1. The summed E-state index contributed by atoms with van der Waals surface area (Å²) in [5, 5.41) is 5.04. The molecular weight excluding hydrogens is 493 g/mol. The number of carbonyl (C=O) groups is 4. The van der Waals surface area contributed by atoms with Crippen molar-refractivity contribution in [1.29, 1.82) is 0 Å². The van der Waals surface area contributed by atoms with E-state index >= 15 is 0 Å². The van der Waals surface area contributed by atoms with E-state index in [4.69, 9.17) is 4.74 Å². The van der Waals surface area contributed by atoms with Crippen molar-refractivity contribution in [2.45, 2.75) is 44.1 Å². The molecule has 1 aliphatic heterocycles. The van der Waals surface area contributed by atoms with Crippen LogP contribution in [-0.2, 0) is 32.9 Å². The van der Waals surface area contributed by atoms with Crippen LogP contribution in [0.3, 0.4) is 0 Å². The fourth-order valence-electron chi connectivity index (χ4n) is 4.55. The highest BCUT2D eigenvalue weighted by atomic mass is 19.4. The Morgan fingerprint density at radius 3 is 2.51 bits per heavy atom. The summed E-state index contributed by atoms with van der Waals surface area (Å²) in [5.41, 5.74) is 0.340. The number of carbonyl (C=O) groups excluding carboxylic acids is 4. The number of alkyl halides is 3. The number of fused-ring (bicyclic) bond motifs is 2. The minimum Gasteiger partial charge on any atom is -0.427 e. The number of anilines is 1. The van der Waals surface area contributed by atoms with Crippen molar-refractivity contribution in [2.24, 2.45) is 0 Å². The number of rotatable bonds is 6. The van der Waals surface area contributed by atoms with E-state index in [1.807, 2.05) is 0 Å². The molecule has 9 nitrogen and oxygen atoms in total. The maximum atomic E-state index is 13.6. The largest absolute Gasteiger partial charge is 0.427 e. The molecule has 0 aromatic heterocycles. The molecular formula is C25H25F3N4O5. The molecule has 1 aliphatic carbocycles. The summed E-state index contributed by atoms with van der Waals surface area (Å²) in [6.07, 6.45) is -5.36. The molecule has 1 spiro atoms. The third kappa shape index (κ3) is 4.95. The average Bonchev–Trinajstić information content (AvgIpc) is 3.34. The zero-order chi connectivity index (χ0) is 27.0. The molecule has 1 saturated heterocycles. The third-order valence-corrected chi connectivity index (χ3v) is 6.59. The molecule has 196 valence electrons. The molecule has 2 N–H and O–H groups in total. The van der Waals surface area contributed by atoms with Crippen molar-refractivity contribution in [3.8, 4) is 0 Å². The van der Waals surface area contributed by atoms with Crippen LogP contribution in [0, 0.1) is 0 Å². The van der Waals surface area contributed by atoms with Crippen molar-refractivity contribution in [1.82, 2.24) is 15.1 Å². The van der Waals surface area contributed by atoms with Crippen LogP contribution in [0.5, 0.6) is 0 Å². The van der Waals surface area contributed by atoms with E-state index in [0.29, 0.717) is 38.6 Å². The number of hydrogen-bond donors (Lipinski definition) is 2. The second-order valence-electron chi connectivity index (χ2n) is 8.89. The number of halogens is 3. The quantitative estimate of drug-likeness (QED) is 0.608. The Hall–Kier alpha value is -4.09. The Balaban J connectivity index is 1.56. The number of hydrogen-bond acceptors (Lipinski definition) is 5. The molecule has 12 heteroatoms. The maximum Gasteiger partial charge on any atom is 0.418 e. The summed E-state index contributed by atoms with van der Waals surface area (Å²) in [6, 6.07) is 10.3. The molecule has 2 atom stereocenters. The lowest BCUT2D eigenvalue weighted by molar-refractivity contribution is -0.187. The molecule has 0 bridgehead atoms. The van der Waals surface area contributed by atoms with Crippen LogP contribution >= 0.6 is 0 Å². The van der Waals surface area contributed by atoms with Gasteiger partial charge in [-0.3, -0.25) is 9.59 Å². The molecule has 5 amide bonds. The Morgan fingerprint density at radius 1 is 1.16 bits per heavy atom. The van der Waals surface area contributed by atoms with Crippen molar-refractivity contribution < 1.29 is 37.1 Å². The van der Waals surface area contributed by atoms with E-state index in [0.717, 1.165) is 6.92 Å². The lowest BCUT2D eigenvalue weighted by atomic mass is 9.94. The number of nitrogens with one attached hydrogen (secondary N) is 2. The summed E-state index contributed by atoms with van der Waals surface area (Å²) < 4.78 is 46.2. The van der Waals surface area contributed by atoms with Crippen LogP contribution in [0.2, 0.25) is 0 Å². The fourth-order valence-corrected chi connectivity index (χ4v) is 4.55. The molecule has 0 unspecified atom stereocenters. The minimum atomic E-state index is -4.72. The Morgan fingerprint density at radius 2 is 1.86 bits per heavy atom. The first-order valence-electron chi connectivity index (χ1n) is 11.5. The summed E-state index contributed by atoms with van der Waals surface area (Å²) in [4.78, 5) is 52.0. The lowest BCUT2D eigenvalue weighted by Gasteiger charge is -2.31. The third-order valence-electron chi connectivity index (χ3n) is 6.59. The van der Waals surface area contributed by atoms with Gasteiger partial charge in [0, 0.05) is 31.3 Å². The van der Waals surface area contributed by atoms with Gasteiger partial charge >= 0.3 is 18.3 Å². The monoisotopic (exact) mass is 518 g/mol. The molecule has 0 saturated carbocycles. The SMILES string of the molecule is CNC(=O)Nc1ccc2c(c1)CC[C@@]21OC(=O)N(CC(=O)N(Cc2ccccc2)[C@@H](C)C(F)(F)F)C1=O. The van der Waals surface area contributed by atoms with Gasteiger partial charge < -0.3 is 20.3 Å². The maximum absolute atomic E-state index is 13.6. The normalized spacial score (nSPS) is 19.4. The van der Waals surface area contributed by atoms with Crippen LogP contribution in [0.15, 0.2) is 48.5 Å². The highest BCUT2D eigenvalue weighted by molar-refractivity contribution is 6.06. The fraction of sp³-hybridized carbons (Fsp3) is 0.360. The number of urea groups is 1. The first-order chi connectivity index (χ1) is 17.5. The molecule has 1 fully saturated rings. The second-order valence-corrected chi connectivity index (χ2v) is 8.89. The van der Waals surface area contributed by atoms with Crippen LogP contribution in [-0.4, -0.2) is 59.5 Å². The van der Waals surface area contributed by atoms with E-state index in [9.17, 15) is 32.3 Å². The zero-order valence-corrected chi connectivity index (χ0v) is 20.1. The smallest absolute Gasteiger partial charge is 0.418 e. The Labute approximate surface area is 210 Å². The summed E-state index contributed by atoms with van der Waals surface area (Å²) in [5.74, 6) is -1.85. The average molecular weight is 518 g/mol. The standard InChI is InChI=1S/C25H25F3N4O5/c1-15(25(26,27)28)31(13-16-6-4-3-5-7-16)20(33)14-32-21(34)24(37-23(32)36)11-10-17-12-18(8-9-19(17)24)30-22(35)29-2/h3-9,12,15H,10-11,13-14H2,1-2H3,(H2,29,30,35)/t15-,24+/m0/s1. The number of nitrogens with zero attached hydrogens (tertiary/aromatic N) is 2. The Kier molecular flexibility index (Phi) is 6.85. The first kappa shape index (κ1) is 26.0. The topological polar surface area (TPSA) is 108 Å². The molecule has 1 heterocycles.